The third kappa shape index (κ3) is 2.72. The highest BCUT2D eigenvalue weighted by atomic mass is 32.1. The Morgan fingerprint density at radius 2 is 2.26 bits per heavy atom. The van der Waals surface area contributed by atoms with Gasteiger partial charge in [0.15, 0.2) is 16.6 Å². The van der Waals surface area contributed by atoms with Gasteiger partial charge in [-0.3, -0.25) is 4.79 Å². The molecule has 1 aliphatic heterocycles. The third-order valence-corrected chi connectivity index (χ3v) is 4.58. The van der Waals surface area contributed by atoms with E-state index in [1.807, 2.05) is 29.8 Å². The van der Waals surface area contributed by atoms with Crippen LogP contribution in [0.1, 0.15) is 19.4 Å². The maximum Gasteiger partial charge on any atom is 0.231 e. The molecule has 1 aromatic carbocycles. The van der Waals surface area contributed by atoms with E-state index in [4.69, 9.17) is 9.47 Å². The molecule has 1 N–H and O–H groups in total. The molecule has 3 heterocycles. The molecule has 4 rings (SSSR count). The van der Waals surface area contributed by atoms with Crippen LogP contribution in [0.15, 0.2) is 30.9 Å². The molecular formula is C15H14N4O3S. The van der Waals surface area contributed by atoms with Crippen molar-refractivity contribution >= 4 is 32.6 Å². The molecule has 0 saturated carbocycles. The summed E-state index contributed by atoms with van der Waals surface area (Å²) >= 11 is 1.42. The van der Waals surface area contributed by atoms with Crippen molar-refractivity contribution in [1.29, 1.82) is 0 Å². The maximum absolute atomic E-state index is 12.2. The van der Waals surface area contributed by atoms with Crippen LogP contribution in [0.2, 0.25) is 0 Å². The third-order valence-electron chi connectivity index (χ3n) is 3.64. The Balaban J connectivity index is 1.48. The number of rotatable bonds is 4. The number of thiazole rings is 1. The van der Waals surface area contributed by atoms with Crippen molar-refractivity contribution < 1.29 is 14.3 Å². The smallest absolute Gasteiger partial charge is 0.231 e. The summed E-state index contributed by atoms with van der Waals surface area (Å²) in [7, 11) is 0. The molecule has 1 unspecified atom stereocenters. The summed E-state index contributed by atoms with van der Waals surface area (Å²) in [4.78, 5) is 20.6. The molecule has 8 heteroatoms. The minimum absolute atomic E-state index is 0.0393. The van der Waals surface area contributed by atoms with Gasteiger partial charge in [0.1, 0.15) is 0 Å². The highest BCUT2D eigenvalue weighted by molar-refractivity contribution is 7.22. The quantitative estimate of drug-likeness (QED) is 0.796. The van der Waals surface area contributed by atoms with Crippen LogP contribution in [-0.2, 0) is 4.79 Å². The molecule has 1 aliphatic rings. The average molecular weight is 330 g/mol. The van der Waals surface area contributed by atoms with Gasteiger partial charge < -0.3 is 19.4 Å². The lowest BCUT2D eigenvalue weighted by molar-refractivity contribution is -0.116. The van der Waals surface area contributed by atoms with Gasteiger partial charge in [-0.15, -0.1) is 0 Å². The predicted molar refractivity (Wildman–Crippen MR) is 85.9 cm³/mol. The number of ether oxygens (including phenoxy) is 2. The van der Waals surface area contributed by atoms with Gasteiger partial charge in [-0.2, -0.15) is 0 Å². The summed E-state index contributed by atoms with van der Waals surface area (Å²) in [5, 5.41) is 3.43. The molecular weight excluding hydrogens is 316 g/mol. The van der Waals surface area contributed by atoms with Crippen molar-refractivity contribution in [2.45, 2.75) is 19.4 Å². The summed E-state index contributed by atoms with van der Waals surface area (Å²) in [6, 6.07) is 3.76. The lowest BCUT2D eigenvalue weighted by Crippen LogP contribution is -2.16. The number of carbonyl (C=O) groups is 1. The highest BCUT2D eigenvalue weighted by Crippen LogP contribution is 2.38. The van der Waals surface area contributed by atoms with Crippen LogP contribution < -0.4 is 14.8 Å². The summed E-state index contributed by atoms with van der Waals surface area (Å²) in [5.41, 5.74) is 0.789. The number of nitrogens with zero attached hydrogens (tertiary/aromatic N) is 3. The van der Waals surface area contributed by atoms with Crippen molar-refractivity contribution in [1.82, 2.24) is 14.5 Å². The fraction of sp³-hybridized carbons (Fsp3) is 0.267. The van der Waals surface area contributed by atoms with Gasteiger partial charge in [0.2, 0.25) is 12.7 Å². The lowest BCUT2D eigenvalue weighted by Gasteiger charge is -2.11. The first-order valence-electron chi connectivity index (χ1n) is 7.16. The van der Waals surface area contributed by atoms with E-state index in [9.17, 15) is 4.79 Å². The summed E-state index contributed by atoms with van der Waals surface area (Å²) in [6.45, 7) is 2.21. The molecule has 3 aromatic rings. The van der Waals surface area contributed by atoms with E-state index in [1.54, 1.807) is 12.5 Å². The number of benzene rings is 1. The Labute approximate surface area is 135 Å². The molecule has 7 nitrogen and oxygen atoms in total. The summed E-state index contributed by atoms with van der Waals surface area (Å²) in [5.74, 6) is 1.33. The molecule has 0 radical (unpaired) electrons. The van der Waals surface area contributed by atoms with Crippen LogP contribution in [0, 0.1) is 0 Å². The number of hydrogen-bond donors (Lipinski definition) is 1. The molecule has 0 bridgehead atoms. The monoisotopic (exact) mass is 330 g/mol. The van der Waals surface area contributed by atoms with E-state index in [1.165, 1.54) is 11.3 Å². The molecule has 118 valence electrons. The Morgan fingerprint density at radius 3 is 3.04 bits per heavy atom. The second-order valence-electron chi connectivity index (χ2n) is 5.30. The topological polar surface area (TPSA) is 78.3 Å². The van der Waals surface area contributed by atoms with E-state index >= 15 is 0 Å². The van der Waals surface area contributed by atoms with Crippen molar-refractivity contribution in [3.8, 4) is 11.5 Å². The Bertz CT molecular complexity index is 818. The first-order chi connectivity index (χ1) is 11.2. The number of amides is 1. The van der Waals surface area contributed by atoms with Gasteiger partial charge in [0.05, 0.1) is 16.5 Å². The minimum atomic E-state index is -0.0784. The standard InChI is InChI=1S/C15H14N4O3S/c1-9(19-3-2-16-7-19)4-14(20)18-15-17-10-5-11-12(22-8-21-11)6-13(10)23-15/h2-3,5-7,9H,4,8H2,1H3,(H,17,18,20). The fourth-order valence-corrected chi connectivity index (χ4v) is 3.34. The number of anilines is 1. The maximum atomic E-state index is 12.2. The number of hydrogen-bond acceptors (Lipinski definition) is 6. The molecule has 0 aliphatic carbocycles. The number of nitrogens with one attached hydrogen (secondary N) is 1. The van der Waals surface area contributed by atoms with Crippen LogP contribution in [0.25, 0.3) is 10.2 Å². The van der Waals surface area contributed by atoms with Crippen molar-refractivity contribution in [3.63, 3.8) is 0 Å². The van der Waals surface area contributed by atoms with Crippen molar-refractivity contribution in [3.05, 3.63) is 30.9 Å². The zero-order valence-corrected chi connectivity index (χ0v) is 13.2. The van der Waals surface area contributed by atoms with Gasteiger partial charge >= 0.3 is 0 Å². The van der Waals surface area contributed by atoms with E-state index in [-0.39, 0.29) is 18.7 Å². The van der Waals surface area contributed by atoms with Gasteiger partial charge in [-0.05, 0) is 6.92 Å². The van der Waals surface area contributed by atoms with Gasteiger partial charge in [-0.1, -0.05) is 11.3 Å². The van der Waals surface area contributed by atoms with E-state index < -0.39 is 0 Å². The molecule has 23 heavy (non-hydrogen) atoms. The molecule has 2 aromatic heterocycles. The van der Waals surface area contributed by atoms with Crippen LogP contribution in [0.3, 0.4) is 0 Å². The highest BCUT2D eigenvalue weighted by Gasteiger charge is 2.17. The molecule has 1 amide bonds. The van der Waals surface area contributed by atoms with Crippen molar-refractivity contribution in [2.24, 2.45) is 0 Å². The summed E-state index contributed by atoms with van der Waals surface area (Å²) in [6.07, 6.45) is 5.61. The molecule has 0 spiro atoms. The lowest BCUT2D eigenvalue weighted by atomic mass is 10.2. The SMILES string of the molecule is CC(CC(=O)Nc1nc2cc3c(cc2s1)OCO3)n1ccnc1. The fourth-order valence-electron chi connectivity index (χ4n) is 2.45. The molecule has 0 saturated heterocycles. The average Bonchev–Trinajstić information content (AvgIpc) is 3.24. The minimum Gasteiger partial charge on any atom is -0.454 e. The van der Waals surface area contributed by atoms with Crippen LogP contribution in [0.5, 0.6) is 11.5 Å². The second kappa shape index (κ2) is 5.54. The summed E-state index contributed by atoms with van der Waals surface area (Å²) < 4.78 is 13.5. The van der Waals surface area contributed by atoms with Crippen LogP contribution in [0.4, 0.5) is 5.13 Å². The van der Waals surface area contributed by atoms with Crippen LogP contribution >= 0.6 is 11.3 Å². The zero-order chi connectivity index (χ0) is 15.8. The van der Waals surface area contributed by atoms with Gasteiger partial charge in [0.25, 0.3) is 0 Å². The largest absolute Gasteiger partial charge is 0.454 e. The number of imidazole rings is 1. The number of fused-ring (bicyclic) bond motifs is 2. The first kappa shape index (κ1) is 14.0. The Hall–Kier alpha value is -2.61. The Morgan fingerprint density at radius 1 is 1.43 bits per heavy atom. The zero-order valence-electron chi connectivity index (χ0n) is 12.4. The molecule has 0 fully saturated rings. The predicted octanol–water partition coefficient (Wildman–Crippen LogP) is 2.81. The first-order valence-corrected chi connectivity index (χ1v) is 7.98. The number of aromatic nitrogens is 3. The van der Waals surface area contributed by atoms with Crippen molar-refractivity contribution in [2.75, 3.05) is 12.1 Å². The van der Waals surface area contributed by atoms with E-state index in [2.05, 4.69) is 15.3 Å². The Kier molecular flexibility index (Phi) is 3.38. The molecule has 1 atom stereocenters. The normalized spacial score (nSPS) is 14.1. The van der Waals surface area contributed by atoms with Gasteiger partial charge in [-0.25, -0.2) is 9.97 Å². The van der Waals surface area contributed by atoms with Gasteiger partial charge in [0, 0.05) is 37.0 Å². The van der Waals surface area contributed by atoms with E-state index in [0.717, 1.165) is 10.2 Å². The van der Waals surface area contributed by atoms with Crippen LogP contribution in [-0.4, -0.2) is 27.2 Å². The number of carbonyl (C=O) groups excluding carboxylic acids is 1. The van der Waals surface area contributed by atoms with E-state index in [0.29, 0.717) is 23.1 Å². The second-order valence-corrected chi connectivity index (χ2v) is 6.33.